The lowest BCUT2D eigenvalue weighted by atomic mass is 9.93. The van der Waals surface area contributed by atoms with Gasteiger partial charge in [-0.2, -0.15) is 0 Å². The van der Waals surface area contributed by atoms with Crippen molar-refractivity contribution in [3.05, 3.63) is 24.0 Å². The van der Waals surface area contributed by atoms with Crippen LogP contribution in [0.2, 0.25) is 0 Å². The normalized spacial score (nSPS) is 15.1. The maximum atomic E-state index is 12.0. The van der Waals surface area contributed by atoms with Crippen LogP contribution in [0.3, 0.4) is 0 Å². The predicted molar refractivity (Wildman–Crippen MR) is 68.1 cm³/mol. The first-order valence-electron chi connectivity index (χ1n) is 6.30. The minimum Gasteiger partial charge on any atom is -0.384 e. The quantitative estimate of drug-likeness (QED) is 0.819. The van der Waals surface area contributed by atoms with E-state index in [2.05, 4.69) is 22.5 Å². The van der Waals surface area contributed by atoms with Crippen LogP contribution >= 0.6 is 0 Å². The number of hydrogen-bond donors (Lipinski definition) is 2. The number of hydrogen-bond acceptors (Lipinski definition) is 3. The van der Waals surface area contributed by atoms with E-state index in [1.807, 2.05) is 6.07 Å². The maximum absolute atomic E-state index is 12.0. The Hall–Kier alpha value is -1.58. The molecule has 0 radical (unpaired) electrons. The van der Waals surface area contributed by atoms with Crippen LogP contribution in [0.1, 0.15) is 43.0 Å². The summed E-state index contributed by atoms with van der Waals surface area (Å²) in [5.41, 5.74) is 1.52. The second-order valence-electron chi connectivity index (χ2n) is 4.45. The van der Waals surface area contributed by atoms with Crippen LogP contribution in [0.25, 0.3) is 0 Å². The van der Waals surface area contributed by atoms with Crippen LogP contribution in [0.4, 0.5) is 5.69 Å². The number of anilines is 1. The standard InChI is InChI=1S/C13H19N3O/c1-2-7-15-12-6-8-14-9-11(12)13(17)16-10-4-3-5-10/h6,8-10H,2-5,7H2,1H3,(H,14,15)(H,16,17). The molecule has 0 atom stereocenters. The Morgan fingerprint density at radius 1 is 1.53 bits per heavy atom. The zero-order chi connectivity index (χ0) is 12.1. The fourth-order valence-corrected chi connectivity index (χ4v) is 1.80. The van der Waals surface area contributed by atoms with Gasteiger partial charge < -0.3 is 10.6 Å². The molecule has 0 bridgehead atoms. The first kappa shape index (κ1) is 11.9. The van der Waals surface area contributed by atoms with Crippen LogP contribution in [0.5, 0.6) is 0 Å². The Bertz CT molecular complexity index is 388. The Labute approximate surface area is 102 Å². The molecule has 1 fully saturated rings. The summed E-state index contributed by atoms with van der Waals surface area (Å²) in [5, 5.41) is 6.28. The molecule has 1 heterocycles. The van der Waals surface area contributed by atoms with Crippen molar-refractivity contribution >= 4 is 11.6 Å². The monoisotopic (exact) mass is 233 g/mol. The molecular formula is C13H19N3O. The van der Waals surface area contributed by atoms with Crippen LogP contribution in [0, 0.1) is 0 Å². The van der Waals surface area contributed by atoms with Crippen LogP contribution in [-0.4, -0.2) is 23.5 Å². The topological polar surface area (TPSA) is 54.0 Å². The predicted octanol–water partition coefficient (Wildman–Crippen LogP) is 2.19. The fraction of sp³-hybridized carbons (Fsp3) is 0.538. The van der Waals surface area contributed by atoms with Gasteiger partial charge in [0.05, 0.1) is 11.3 Å². The Kier molecular flexibility index (Phi) is 3.96. The number of aromatic nitrogens is 1. The van der Waals surface area contributed by atoms with Crippen molar-refractivity contribution in [2.75, 3.05) is 11.9 Å². The first-order valence-corrected chi connectivity index (χ1v) is 6.30. The lowest BCUT2D eigenvalue weighted by Crippen LogP contribution is -2.39. The number of pyridine rings is 1. The van der Waals surface area contributed by atoms with Gasteiger partial charge in [-0.3, -0.25) is 9.78 Å². The van der Waals surface area contributed by atoms with Gasteiger partial charge in [-0.15, -0.1) is 0 Å². The minimum atomic E-state index is -0.0126. The third-order valence-electron chi connectivity index (χ3n) is 3.07. The molecule has 0 unspecified atom stereocenters. The molecule has 0 aliphatic heterocycles. The molecule has 0 spiro atoms. The van der Waals surface area contributed by atoms with E-state index in [1.165, 1.54) is 6.42 Å². The van der Waals surface area contributed by atoms with Crippen molar-refractivity contribution < 1.29 is 4.79 Å². The van der Waals surface area contributed by atoms with Crippen molar-refractivity contribution in [1.82, 2.24) is 10.3 Å². The number of carbonyl (C=O) groups excluding carboxylic acids is 1. The Morgan fingerprint density at radius 2 is 2.35 bits per heavy atom. The summed E-state index contributed by atoms with van der Waals surface area (Å²) < 4.78 is 0. The molecule has 1 aromatic heterocycles. The van der Waals surface area contributed by atoms with Gasteiger partial charge in [-0.1, -0.05) is 6.92 Å². The Balaban J connectivity index is 2.04. The highest BCUT2D eigenvalue weighted by Gasteiger charge is 2.21. The van der Waals surface area contributed by atoms with Gasteiger partial charge in [-0.05, 0) is 31.7 Å². The summed E-state index contributed by atoms with van der Waals surface area (Å²) in [5.74, 6) is -0.0126. The van der Waals surface area contributed by atoms with Gasteiger partial charge in [-0.25, -0.2) is 0 Å². The third kappa shape index (κ3) is 2.96. The summed E-state index contributed by atoms with van der Waals surface area (Å²) in [7, 11) is 0. The zero-order valence-corrected chi connectivity index (χ0v) is 10.2. The highest BCUT2D eigenvalue weighted by atomic mass is 16.1. The van der Waals surface area contributed by atoms with E-state index in [1.54, 1.807) is 12.4 Å². The van der Waals surface area contributed by atoms with E-state index in [0.717, 1.165) is 31.5 Å². The molecule has 1 aromatic rings. The molecule has 2 rings (SSSR count). The van der Waals surface area contributed by atoms with E-state index < -0.39 is 0 Å². The van der Waals surface area contributed by atoms with Crippen molar-refractivity contribution in [2.24, 2.45) is 0 Å². The molecule has 17 heavy (non-hydrogen) atoms. The number of carbonyl (C=O) groups is 1. The maximum Gasteiger partial charge on any atom is 0.255 e. The van der Waals surface area contributed by atoms with Crippen molar-refractivity contribution in [1.29, 1.82) is 0 Å². The molecule has 1 aliphatic carbocycles. The molecule has 4 heteroatoms. The lowest BCUT2D eigenvalue weighted by Gasteiger charge is -2.26. The van der Waals surface area contributed by atoms with Gasteiger partial charge in [0.2, 0.25) is 0 Å². The second-order valence-corrected chi connectivity index (χ2v) is 4.45. The number of nitrogens with one attached hydrogen (secondary N) is 2. The van der Waals surface area contributed by atoms with E-state index in [0.29, 0.717) is 11.6 Å². The Morgan fingerprint density at radius 3 is 3.00 bits per heavy atom. The highest BCUT2D eigenvalue weighted by molar-refractivity contribution is 5.99. The highest BCUT2D eigenvalue weighted by Crippen LogP contribution is 2.20. The van der Waals surface area contributed by atoms with Gasteiger partial charge in [0.15, 0.2) is 0 Å². The number of rotatable bonds is 5. The largest absolute Gasteiger partial charge is 0.384 e. The van der Waals surface area contributed by atoms with Gasteiger partial charge in [0.25, 0.3) is 5.91 Å². The summed E-state index contributed by atoms with van der Waals surface area (Å²) in [6.45, 7) is 2.97. The van der Waals surface area contributed by atoms with E-state index >= 15 is 0 Å². The minimum absolute atomic E-state index is 0.0126. The van der Waals surface area contributed by atoms with Crippen LogP contribution in [-0.2, 0) is 0 Å². The molecule has 92 valence electrons. The molecule has 2 N–H and O–H groups in total. The molecule has 1 saturated carbocycles. The third-order valence-corrected chi connectivity index (χ3v) is 3.07. The number of amides is 1. The van der Waals surface area contributed by atoms with Crippen LogP contribution < -0.4 is 10.6 Å². The molecule has 1 aliphatic rings. The second kappa shape index (κ2) is 5.66. The number of nitrogens with zero attached hydrogens (tertiary/aromatic N) is 1. The van der Waals surface area contributed by atoms with E-state index in [4.69, 9.17) is 0 Å². The molecule has 1 amide bonds. The summed E-state index contributed by atoms with van der Waals surface area (Å²) in [6, 6.07) is 2.22. The van der Waals surface area contributed by atoms with Gasteiger partial charge in [0, 0.05) is 25.0 Å². The van der Waals surface area contributed by atoms with Crippen LogP contribution in [0.15, 0.2) is 18.5 Å². The van der Waals surface area contributed by atoms with Crippen molar-refractivity contribution in [3.8, 4) is 0 Å². The van der Waals surface area contributed by atoms with Gasteiger partial charge >= 0.3 is 0 Å². The van der Waals surface area contributed by atoms with Crippen molar-refractivity contribution in [3.63, 3.8) is 0 Å². The molecule has 4 nitrogen and oxygen atoms in total. The van der Waals surface area contributed by atoms with Gasteiger partial charge in [0.1, 0.15) is 0 Å². The molecule has 0 aromatic carbocycles. The van der Waals surface area contributed by atoms with E-state index in [9.17, 15) is 4.79 Å². The van der Waals surface area contributed by atoms with Crippen molar-refractivity contribution in [2.45, 2.75) is 38.6 Å². The fourth-order valence-electron chi connectivity index (χ4n) is 1.80. The molecule has 0 saturated heterocycles. The average Bonchev–Trinajstić information content (AvgIpc) is 2.31. The summed E-state index contributed by atoms with van der Waals surface area (Å²) in [6.07, 6.45) is 7.79. The zero-order valence-electron chi connectivity index (χ0n) is 10.2. The SMILES string of the molecule is CCCNc1ccncc1C(=O)NC1CCC1. The smallest absolute Gasteiger partial charge is 0.255 e. The summed E-state index contributed by atoms with van der Waals surface area (Å²) >= 11 is 0. The summed E-state index contributed by atoms with van der Waals surface area (Å²) in [4.78, 5) is 16.1. The lowest BCUT2D eigenvalue weighted by molar-refractivity contribution is 0.0917. The average molecular weight is 233 g/mol. The first-order chi connectivity index (χ1) is 8.31. The van der Waals surface area contributed by atoms with E-state index in [-0.39, 0.29) is 5.91 Å². The molecular weight excluding hydrogens is 214 g/mol.